The minimum atomic E-state index is -4.01. The molecule has 0 atom stereocenters. The minimum Gasteiger partial charge on any atom is -0.481 e. The van der Waals surface area contributed by atoms with Crippen LogP contribution in [0.4, 0.5) is 0 Å². The number of sulfonamides is 1. The molecule has 0 aliphatic carbocycles. The zero-order valence-electron chi connectivity index (χ0n) is 22.7. The van der Waals surface area contributed by atoms with Gasteiger partial charge in [-0.3, -0.25) is 19.2 Å². The number of esters is 1. The van der Waals surface area contributed by atoms with Gasteiger partial charge in [0.25, 0.3) is 15.9 Å². The Kier molecular flexibility index (Phi) is 16.6. The van der Waals surface area contributed by atoms with Crippen LogP contribution in [-0.4, -0.2) is 49.4 Å². The van der Waals surface area contributed by atoms with Crippen LogP contribution in [0.15, 0.2) is 29.2 Å². The molecule has 0 spiro atoms. The topological polar surface area (TPSA) is 156 Å². The van der Waals surface area contributed by atoms with Gasteiger partial charge in [-0.1, -0.05) is 12.8 Å². The van der Waals surface area contributed by atoms with Crippen LogP contribution in [-0.2, 0) is 29.1 Å². The molecule has 0 unspecified atom stereocenters. The summed E-state index contributed by atoms with van der Waals surface area (Å²) in [5.74, 6) is 2.44. The van der Waals surface area contributed by atoms with E-state index in [1.807, 2.05) is 25.5 Å². The minimum absolute atomic E-state index is 0.0799. The van der Waals surface area contributed by atoms with Crippen molar-refractivity contribution in [2.45, 2.75) is 89.1 Å². The number of terminal acetylenes is 2. The first kappa shape index (κ1) is 35.2. The van der Waals surface area contributed by atoms with Gasteiger partial charge in [-0.15, -0.1) is 24.7 Å². The van der Waals surface area contributed by atoms with Gasteiger partial charge in [-0.05, 0) is 57.9 Å². The molecule has 1 aromatic rings. The molecule has 214 valence electrons. The second-order valence-corrected chi connectivity index (χ2v) is 11.0. The molecule has 0 radical (unpaired) electrons. The van der Waals surface area contributed by atoms with Crippen molar-refractivity contribution in [2.75, 3.05) is 6.54 Å². The maximum absolute atomic E-state index is 12.2. The molecule has 2 amide bonds. The summed E-state index contributed by atoms with van der Waals surface area (Å²) in [5, 5.41) is 10.7. The second kappa shape index (κ2) is 18.4. The molecule has 0 aliphatic heterocycles. The van der Waals surface area contributed by atoms with Gasteiger partial charge in [0, 0.05) is 37.8 Å². The molecule has 0 bridgehead atoms. The summed E-state index contributed by atoms with van der Waals surface area (Å²) in [6, 6.07) is 5.30. The predicted octanol–water partition coefficient (Wildman–Crippen LogP) is 3.41. The maximum atomic E-state index is 12.2. The van der Waals surface area contributed by atoms with Gasteiger partial charge in [0.1, 0.15) is 5.60 Å². The lowest BCUT2D eigenvalue weighted by atomic mass is 10.1. The van der Waals surface area contributed by atoms with E-state index in [0.29, 0.717) is 24.9 Å². The van der Waals surface area contributed by atoms with Crippen molar-refractivity contribution in [1.29, 1.82) is 0 Å². The van der Waals surface area contributed by atoms with E-state index in [1.54, 1.807) is 0 Å². The zero-order valence-corrected chi connectivity index (χ0v) is 23.6. The molecule has 0 aliphatic rings. The molecule has 11 heteroatoms. The molecule has 1 rings (SSSR count). The highest BCUT2D eigenvalue weighted by Crippen LogP contribution is 2.12. The highest BCUT2D eigenvalue weighted by atomic mass is 32.2. The van der Waals surface area contributed by atoms with Crippen LogP contribution in [0.25, 0.3) is 0 Å². The lowest BCUT2D eigenvalue weighted by Crippen LogP contribution is -2.30. The number of carboxylic acid groups (broad SMARTS) is 1. The van der Waals surface area contributed by atoms with Crippen LogP contribution in [0.3, 0.4) is 0 Å². The van der Waals surface area contributed by atoms with Gasteiger partial charge >= 0.3 is 11.9 Å². The Balaban J connectivity index is 0.00000181. The monoisotopic (exact) mass is 562 g/mol. The SMILES string of the molecule is C#CCCC(=O)NS(=O)(=O)c1ccc(C(=O)NCCCCCCC(=O)OC(C)(C)C)cc1.C#CCCC(=O)O. The fourth-order valence-electron chi connectivity index (χ4n) is 2.85. The molecule has 39 heavy (non-hydrogen) atoms. The van der Waals surface area contributed by atoms with E-state index in [-0.39, 0.29) is 36.0 Å². The maximum Gasteiger partial charge on any atom is 0.306 e. The molecule has 10 nitrogen and oxygen atoms in total. The number of hydrogen-bond acceptors (Lipinski definition) is 7. The fourth-order valence-corrected chi connectivity index (χ4v) is 3.87. The summed E-state index contributed by atoms with van der Waals surface area (Å²) in [6.07, 6.45) is 13.9. The fraction of sp³-hybridized carbons (Fsp3) is 0.500. The first-order chi connectivity index (χ1) is 18.2. The van der Waals surface area contributed by atoms with Gasteiger partial charge in [0.2, 0.25) is 5.91 Å². The smallest absolute Gasteiger partial charge is 0.306 e. The number of aliphatic carboxylic acids is 1. The normalized spacial score (nSPS) is 10.6. The summed E-state index contributed by atoms with van der Waals surface area (Å²) in [5.41, 5.74) is -0.160. The van der Waals surface area contributed by atoms with Crippen LogP contribution in [0.2, 0.25) is 0 Å². The van der Waals surface area contributed by atoms with E-state index in [2.05, 4.69) is 17.2 Å². The highest BCUT2D eigenvalue weighted by molar-refractivity contribution is 7.90. The average molecular weight is 563 g/mol. The van der Waals surface area contributed by atoms with Crippen LogP contribution >= 0.6 is 0 Å². The average Bonchev–Trinajstić information content (AvgIpc) is 2.84. The summed E-state index contributed by atoms with van der Waals surface area (Å²) < 4.78 is 31.6. The first-order valence-corrected chi connectivity index (χ1v) is 13.9. The molecule has 0 heterocycles. The lowest BCUT2D eigenvalue weighted by Gasteiger charge is -2.19. The Labute approximate surface area is 231 Å². The van der Waals surface area contributed by atoms with E-state index in [4.69, 9.17) is 22.7 Å². The summed E-state index contributed by atoms with van der Waals surface area (Å²) in [4.78, 5) is 45.0. The number of hydrogen-bond donors (Lipinski definition) is 3. The number of ether oxygens (including phenoxy) is 1. The number of benzene rings is 1. The van der Waals surface area contributed by atoms with E-state index >= 15 is 0 Å². The van der Waals surface area contributed by atoms with Crippen LogP contribution in [0.5, 0.6) is 0 Å². The number of carbonyl (C=O) groups excluding carboxylic acids is 3. The third-order valence-corrected chi connectivity index (χ3v) is 6.06. The van der Waals surface area contributed by atoms with Gasteiger partial charge in [0.15, 0.2) is 0 Å². The van der Waals surface area contributed by atoms with Crippen LogP contribution in [0, 0.1) is 24.7 Å². The van der Waals surface area contributed by atoms with Gasteiger partial charge in [-0.25, -0.2) is 13.1 Å². The predicted molar refractivity (Wildman–Crippen MR) is 147 cm³/mol. The highest BCUT2D eigenvalue weighted by Gasteiger charge is 2.18. The van der Waals surface area contributed by atoms with Crippen LogP contribution in [0.1, 0.15) is 88.9 Å². The summed E-state index contributed by atoms with van der Waals surface area (Å²) in [6.45, 7) is 5.97. The van der Waals surface area contributed by atoms with E-state index in [9.17, 15) is 27.6 Å². The number of rotatable bonds is 14. The number of amides is 2. The standard InChI is InChI=1S/C23H32N2O6S.C5H6O2/c1-5-6-11-20(26)25-32(29,30)19-15-13-18(14-16-19)22(28)24-17-10-8-7-9-12-21(27)31-23(2,3)4;1-2-3-4-5(6)7/h1,13-16H,6-12,17H2,2-4H3,(H,24,28)(H,25,26);1H,3-4H2,(H,6,7). The van der Waals surface area contributed by atoms with Gasteiger partial charge in [0.05, 0.1) is 11.3 Å². The molecule has 0 saturated heterocycles. The van der Waals surface area contributed by atoms with Crippen molar-refractivity contribution in [2.24, 2.45) is 0 Å². The Hall–Kier alpha value is -3.83. The number of carbonyl (C=O) groups is 4. The summed E-state index contributed by atoms with van der Waals surface area (Å²) >= 11 is 0. The van der Waals surface area contributed by atoms with Crippen molar-refractivity contribution >= 4 is 33.8 Å². The van der Waals surface area contributed by atoms with Crippen molar-refractivity contribution in [3.8, 4) is 24.7 Å². The Morgan fingerprint density at radius 2 is 1.46 bits per heavy atom. The second-order valence-electron chi connectivity index (χ2n) is 9.36. The van der Waals surface area contributed by atoms with E-state index in [0.717, 1.165) is 25.7 Å². The van der Waals surface area contributed by atoms with Crippen molar-refractivity contribution in [1.82, 2.24) is 10.0 Å². The molecule has 0 fully saturated rings. The Morgan fingerprint density at radius 1 is 0.897 bits per heavy atom. The quantitative estimate of drug-likeness (QED) is 0.177. The third kappa shape index (κ3) is 18.1. The number of unbranched alkanes of at least 4 members (excludes halogenated alkanes) is 3. The Morgan fingerprint density at radius 3 is 1.97 bits per heavy atom. The van der Waals surface area contributed by atoms with Crippen molar-refractivity contribution in [3.05, 3.63) is 29.8 Å². The number of carboxylic acids is 1. The Bertz CT molecular complexity index is 1140. The van der Waals surface area contributed by atoms with Crippen LogP contribution < -0.4 is 10.0 Å². The zero-order chi connectivity index (χ0) is 29.9. The van der Waals surface area contributed by atoms with Gasteiger partial charge < -0.3 is 15.2 Å². The lowest BCUT2D eigenvalue weighted by molar-refractivity contribution is -0.155. The molecule has 1 aromatic carbocycles. The molecule has 0 saturated carbocycles. The largest absolute Gasteiger partial charge is 0.481 e. The third-order valence-electron chi connectivity index (χ3n) is 4.67. The molecule has 3 N–H and O–H groups in total. The first-order valence-electron chi connectivity index (χ1n) is 12.5. The molecular weight excluding hydrogens is 524 g/mol. The van der Waals surface area contributed by atoms with Gasteiger partial charge in [-0.2, -0.15) is 0 Å². The van der Waals surface area contributed by atoms with Crippen molar-refractivity contribution in [3.63, 3.8) is 0 Å². The summed E-state index contributed by atoms with van der Waals surface area (Å²) in [7, 11) is -4.01. The van der Waals surface area contributed by atoms with E-state index < -0.39 is 27.5 Å². The van der Waals surface area contributed by atoms with Crippen molar-refractivity contribution < 1.29 is 37.4 Å². The van der Waals surface area contributed by atoms with E-state index in [1.165, 1.54) is 24.3 Å². The molecule has 0 aromatic heterocycles. The molecular formula is C28H38N2O8S. The number of nitrogens with one attached hydrogen (secondary N) is 2.